The predicted molar refractivity (Wildman–Crippen MR) is 86.1 cm³/mol. The van der Waals surface area contributed by atoms with Gasteiger partial charge in [-0.1, -0.05) is 13.8 Å². The average molecular weight is 286 g/mol. The molecule has 4 heteroatoms. The van der Waals surface area contributed by atoms with Gasteiger partial charge in [0.25, 0.3) is 0 Å². The van der Waals surface area contributed by atoms with Gasteiger partial charge in [-0.2, -0.15) is 11.8 Å². The van der Waals surface area contributed by atoms with Crippen LogP contribution in [0.2, 0.25) is 0 Å². The first kappa shape index (κ1) is 15.6. The van der Waals surface area contributed by atoms with Crippen molar-refractivity contribution in [3.8, 4) is 0 Å². The Labute approximate surface area is 123 Å². The van der Waals surface area contributed by atoms with Gasteiger partial charge in [-0.25, -0.2) is 0 Å². The van der Waals surface area contributed by atoms with Crippen LogP contribution in [-0.2, 0) is 0 Å². The summed E-state index contributed by atoms with van der Waals surface area (Å²) in [6, 6.07) is 0.708. The quantitative estimate of drug-likeness (QED) is 0.829. The molecule has 3 nitrogen and oxygen atoms in total. The van der Waals surface area contributed by atoms with Crippen LogP contribution >= 0.6 is 11.8 Å². The highest BCUT2D eigenvalue weighted by molar-refractivity contribution is 7.99. The highest BCUT2D eigenvalue weighted by Gasteiger charge is 2.19. The van der Waals surface area contributed by atoms with Gasteiger partial charge in [-0.15, -0.1) is 0 Å². The predicted octanol–water partition coefficient (Wildman–Crippen LogP) is 1.75. The SMILES string of the molecule is CC(C)CC1CN(CCN2CCSCC2)CCCN1. The summed E-state index contributed by atoms with van der Waals surface area (Å²) in [5.74, 6) is 3.46. The molecule has 0 spiro atoms. The molecule has 0 bridgehead atoms. The first-order valence-electron chi connectivity index (χ1n) is 8.00. The summed E-state index contributed by atoms with van der Waals surface area (Å²) in [5.41, 5.74) is 0. The lowest BCUT2D eigenvalue weighted by atomic mass is 10.0. The molecule has 2 aliphatic rings. The number of hydrogen-bond donors (Lipinski definition) is 1. The monoisotopic (exact) mass is 285 g/mol. The van der Waals surface area contributed by atoms with Crippen LogP contribution in [0.15, 0.2) is 0 Å². The van der Waals surface area contributed by atoms with E-state index < -0.39 is 0 Å². The first-order chi connectivity index (χ1) is 9.24. The summed E-state index contributed by atoms with van der Waals surface area (Å²) in [7, 11) is 0. The number of nitrogens with one attached hydrogen (secondary N) is 1. The van der Waals surface area contributed by atoms with E-state index in [1.54, 1.807) is 0 Å². The standard InChI is InChI=1S/C15H31N3S/c1-14(2)12-15-13-18(5-3-4-16-15)7-6-17-8-10-19-11-9-17/h14-16H,3-13H2,1-2H3. The second-order valence-corrected chi connectivity index (χ2v) is 7.61. The first-order valence-corrected chi connectivity index (χ1v) is 9.15. The molecule has 0 amide bonds. The molecule has 2 rings (SSSR count). The van der Waals surface area contributed by atoms with Gasteiger partial charge < -0.3 is 15.1 Å². The Hall–Kier alpha value is 0.230. The maximum Gasteiger partial charge on any atom is 0.0197 e. The van der Waals surface area contributed by atoms with E-state index in [2.05, 4.69) is 40.7 Å². The highest BCUT2D eigenvalue weighted by atomic mass is 32.2. The van der Waals surface area contributed by atoms with Gasteiger partial charge in [0.15, 0.2) is 0 Å². The van der Waals surface area contributed by atoms with Crippen LogP contribution in [0.1, 0.15) is 26.7 Å². The zero-order valence-electron chi connectivity index (χ0n) is 12.7. The summed E-state index contributed by atoms with van der Waals surface area (Å²) >= 11 is 2.11. The van der Waals surface area contributed by atoms with Crippen molar-refractivity contribution in [1.82, 2.24) is 15.1 Å². The molecule has 2 saturated heterocycles. The average Bonchev–Trinajstić information content (AvgIpc) is 2.62. The van der Waals surface area contributed by atoms with Gasteiger partial charge in [-0.05, 0) is 31.8 Å². The van der Waals surface area contributed by atoms with Crippen molar-refractivity contribution in [3.63, 3.8) is 0 Å². The molecule has 2 fully saturated rings. The van der Waals surface area contributed by atoms with Gasteiger partial charge in [0.05, 0.1) is 0 Å². The Morgan fingerprint density at radius 2 is 1.84 bits per heavy atom. The Bertz CT molecular complexity index is 242. The van der Waals surface area contributed by atoms with Gasteiger partial charge >= 0.3 is 0 Å². The molecule has 2 aliphatic heterocycles. The van der Waals surface area contributed by atoms with Crippen molar-refractivity contribution in [1.29, 1.82) is 0 Å². The zero-order chi connectivity index (χ0) is 13.5. The van der Waals surface area contributed by atoms with E-state index >= 15 is 0 Å². The third-order valence-corrected chi connectivity index (χ3v) is 5.10. The largest absolute Gasteiger partial charge is 0.313 e. The lowest BCUT2D eigenvalue weighted by Gasteiger charge is -2.30. The number of nitrogens with zero attached hydrogens (tertiary/aromatic N) is 2. The molecule has 1 unspecified atom stereocenters. The van der Waals surface area contributed by atoms with Crippen LogP contribution < -0.4 is 5.32 Å². The van der Waals surface area contributed by atoms with Crippen LogP contribution in [0.5, 0.6) is 0 Å². The van der Waals surface area contributed by atoms with Crippen molar-refractivity contribution in [2.24, 2.45) is 5.92 Å². The Kier molecular flexibility index (Phi) is 6.99. The van der Waals surface area contributed by atoms with Crippen molar-refractivity contribution in [2.75, 3.05) is 57.3 Å². The molecule has 1 atom stereocenters. The minimum absolute atomic E-state index is 0.708. The zero-order valence-corrected chi connectivity index (χ0v) is 13.6. The summed E-state index contributed by atoms with van der Waals surface area (Å²) in [6.07, 6.45) is 2.63. The fourth-order valence-corrected chi connectivity index (χ4v) is 4.09. The van der Waals surface area contributed by atoms with Gasteiger partial charge in [0.1, 0.15) is 0 Å². The highest BCUT2D eigenvalue weighted by Crippen LogP contribution is 2.11. The van der Waals surface area contributed by atoms with E-state index in [4.69, 9.17) is 0 Å². The maximum atomic E-state index is 3.72. The normalized spacial score (nSPS) is 27.6. The van der Waals surface area contributed by atoms with Crippen LogP contribution in [0, 0.1) is 5.92 Å². The van der Waals surface area contributed by atoms with E-state index in [0.717, 1.165) is 5.92 Å². The van der Waals surface area contributed by atoms with E-state index in [0.29, 0.717) is 6.04 Å². The molecule has 0 radical (unpaired) electrons. The summed E-state index contributed by atoms with van der Waals surface area (Å²) in [4.78, 5) is 5.33. The molecule has 19 heavy (non-hydrogen) atoms. The van der Waals surface area contributed by atoms with Crippen LogP contribution in [0.4, 0.5) is 0 Å². The smallest absolute Gasteiger partial charge is 0.0197 e. The van der Waals surface area contributed by atoms with E-state index in [1.165, 1.54) is 70.2 Å². The lowest BCUT2D eigenvalue weighted by molar-refractivity contribution is 0.206. The van der Waals surface area contributed by atoms with Gasteiger partial charge in [-0.3, -0.25) is 0 Å². The Morgan fingerprint density at radius 3 is 2.58 bits per heavy atom. The minimum Gasteiger partial charge on any atom is -0.313 e. The van der Waals surface area contributed by atoms with Gasteiger partial charge in [0, 0.05) is 50.3 Å². The molecular formula is C15H31N3S. The number of hydrogen-bond acceptors (Lipinski definition) is 4. The Morgan fingerprint density at radius 1 is 1.11 bits per heavy atom. The Balaban J connectivity index is 1.71. The molecule has 0 aromatic carbocycles. The van der Waals surface area contributed by atoms with E-state index in [-0.39, 0.29) is 0 Å². The van der Waals surface area contributed by atoms with Crippen LogP contribution in [0.3, 0.4) is 0 Å². The second-order valence-electron chi connectivity index (χ2n) is 6.39. The fourth-order valence-electron chi connectivity index (χ4n) is 3.11. The molecule has 0 aliphatic carbocycles. The summed E-state index contributed by atoms with van der Waals surface area (Å²) in [5, 5.41) is 3.72. The topological polar surface area (TPSA) is 18.5 Å². The number of thioether (sulfide) groups is 1. The number of rotatable bonds is 5. The summed E-state index contributed by atoms with van der Waals surface area (Å²) in [6.45, 7) is 13.5. The fraction of sp³-hybridized carbons (Fsp3) is 1.00. The molecule has 0 saturated carbocycles. The third kappa shape index (κ3) is 6.03. The molecule has 1 N–H and O–H groups in total. The third-order valence-electron chi connectivity index (χ3n) is 4.15. The van der Waals surface area contributed by atoms with E-state index in [9.17, 15) is 0 Å². The van der Waals surface area contributed by atoms with Crippen molar-refractivity contribution in [2.45, 2.75) is 32.7 Å². The molecule has 0 aromatic heterocycles. The van der Waals surface area contributed by atoms with Crippen molar-refractivity contribution < 1.29 is 0 Å². The second kappa shape index (κ2) is 8.50. The van der Waals surface area contributed by atoms with Gasteiger partial charge in [0.2, 0.25) is 0 Å². The minimum atomic E-state index is 0.708. The molecule has 112 valence electrons. The van der Waals surface area contributed by atoms with Crippen molar-refractivity contribution >= 4 is 11.8 Å². The van der Waals surface area contributed by atoms with Crippen molar-refractivity contribution in [3.05, 3.63) is 0 Å². The lowest BCUT2D eigenvalue weighted by Crippen LogP contribution is -2.43. The summed E-state index contributed by atoms with van der Waals surface area (Å²) < 4.78 is 0. The maximum absolute atomic E-state index is 3.72. The van der Waals surface area contributed by atoms with Crippen LogP contribution in [0.25, 0.3) is 0 Å². The molecule has 0 aromatic rings. The molecule has 2 heterocycles. The van der Waals surface area contributed by atoms with Crippen LogP contribution in [-0.4, -0.2) is 73.2 Å². The molecular weight excluding hydrogens is 254 g/mol. The van der Waals surface area contributed by atoms with E-state index in [1.807, 2.05) is 0 Å².